The Kier molecular flexibility index (Phi) is 8.02. The molecule has 4 aromatic rings. The van der Waals surface area contributed by atoms with Crippen molar-refractivity contribution in [2.75, 3.05) is 6.61 Å². The van der Waals surface area contributed by atoms with Crippen LogP contribution in [-0.4, -0.2) is 69.8 Å². The maximum atomic E-state index is 14.3. The molecule has 1 fully saturated rings. The number of aliphatic hydroxyl groups excluding tert-OH is 3. The number of aliphatic hydroxyl groups is 3. The average Bonchev–Trinajstić information content (AvgIpc) is 3.54. The Bertz CT molecular complexity index is 1600. The molecule has 3 aromatic heterocycles. The predicted octanol–water partition coefficient (Wildman–Crippen LogP) is 4.35. The first-order valence-corrected chi connectivity index (χ1v) is 12.9. The average molecular weight is 638 g/mol. The molecule has 1 saturated heterocycles. The number of halogens is 7. The highest BCUT2D eigenvalue weighted by molar-refractivity contribution is 6.36. The highest BCUT2D eigenvalue weighted by atomic mass is 35.5. The van der Waals surface area contributed by atoms with Gasteiger partial charge in [-0.05, 0) is 19.1 Å². The number of benzene rings is 1. The minimum Gasteiger partial charge on any atom is -0.394 e. The maximum Gasteiger partial charge on any atom is 0.435 e. The van der Waals surface area contributed by atoms with Crippen LogP contribution < -0.4 is 0 Å². The fourth-order valence-electron chi connectivity index (χ4n) is 4.62. The van der Waals surface area contributed by atoms with E-state index in [4.69, 9.17) is 39.5 Å². The molecule has 1 aliphatic heterocycles. The SMILES string of the molecule is Cc1nc([C@@H]2O[C@H](CO)[C@H](O)[C@H](n3cc(-c4ccc(Cl)c(F)c4Cl)cn3)[C@H]2O)n(-c2cc(Cl)cnc2C(F)(F)F)n1. The van der Waals surface area contributed by atoms with Gasteiger partial charge >= 0.3 is 6.18 Å². The molecule has 10 nitrogen and oxygen atoms in total. The van der Waals surface area contributed by atoms with Gasteiger partial charge in [0.2, 0.25) is 0 Å². The second-order valence-electron chi connectivity index (χ2n) is 9.13. The van der Waals surface area contributed by atoms with Crippen LogP contribution in [0, 0.1) is 12.7 Å². The fraction of sp³-hybridized carbons (Fsp3) is 0.333. The van der Waals surface area contributed by atoms with E-state index >= 15 is 0 Å². The normalized spacial score (nSPS) is 23.2. The molecule has 4 heterocycles. The minimum absolute atomic E-state index is 0.0212. The summed E-state index contributed by atoms with van der Waals surface area (Å²) >= 11 is 17.8. The van der Waals surface area contributed by atoms with Crippen molar-refractivity contribution in [2.24, 2.45) is 0 Å². The summed E-state index contributed by atoms with van der Waals surface area (Å²) in [5.74, 6) is -1.11. The number of hydrogen-bond acceptors (Lipinski definition) is 8. The molecule has 0 amide bonds. The zero-order valence-electron chi connectivity index (χ0n) is 20.6. The van der Waals surface area contributed by atoms with Gasteiger partial charge in [-0.15, -0.1) is 0 Å². The van der Waals surface area contributed by atoms with Gasteiger partial charge in [0, 0.05) is 23.5 Å². The van der Waals surface area contributed by atoms with Crippen molar-refractivity contribution in [3.05, 3.63) is 75.0 Å². The van der Waals surface area contributed by atoms with Gasteiger partial charge in [-0.1, -0.05) is 40.9 Å². The van der Waals surface area contributed by atoms with Gasteiger partial charge < -0.3 is 20.1 Å². The van der Waals surface area contributed by atoms with Crippen LogP contribution in [-0.2, 0) is 10.9 Å². The summed E-state index contributed by atoms with van der Waals surface area (Å²) in [5.41, 5.74) is -1.39. The molecular formula is C24H19Cl3F4N6O4. The first kappa shape index (κ1) is 29.6. The van der Waals surface area contributed by atoms with Crippen LogP contribution in [0.4, 0.5) is 17.6 Å². The molecule has 3 N–H and O–H groups in total. The van der Waals surface area contributed by atoms with Gasteiger partial charge in [0.1, 0.15) is 36.3 Å². The lowest BCUT2D eigenvalue weighted by Crippen LogP contribution is -2.53. The van der Waals surface area contributed by atoms with Crippen molar-refractivity contribution in [3.63, 3.8) is 0 Å². The Morgan fingerprint density at radius 3 is 2.51 bits per heavy atom. The summed E-state index contributed by atoms with van der Waals surface area (Å²) in [6.45, 7) is 0.675. The van der Waals surface area contributed by atoms with E-state index in [1.165, 1.54) is 31.5 Å². The summed E-state index contributed by atoms with van der Waals surface area (Å²) < 4.78 is 63.4. The van der Waals surface area contributed by atoms with Crippen molar-refractivity contribution in [1.82, 2.24) is 29.5 Å². The second-order valence-corrected chi connectivity index (χ2v) is 10.4. The third-order valence-electron chi connectivity index (χ3n) is 6.47. The Balaban J connectivity index is 1.59. The second kappa shape index (κ2) is 11.1. The number of aromatic nitrogens is 6. The lowest BCUT2D eigenvalue weighted by Gasteiger charge is -2.41. The zero-order chi connectivity index (χ0) is 29.8. The third kappa shape index (κ3) is 5.41. The molecule has 218 valence electrons. The predicted molar refractivity (Wildman–Crippen MR) is 137 cm³/mol. The fourth-order valence-corrected chi connectivity index (χ4v) is 5.25. The molecule has 0 unspecified atom stereocenters. The topological polar surface area (TPSA) is 131 Å². The number of hydrogen-bond donors (Lipinski definition) is 3. The number of nitrogens with zero attached hydrogens (tertiary/aromatic N) is 6. The zero-order valence-corrected chi connectivity index (χ0v) is 22.9. The first-order chi connectivity index (χ1) is 19.3. The number of ether oxygens (including phenoxy) is 1. The van der Waals surface area contributed by atoms with E-state index in [0.29, 0.717) is 5.56 Å². The van der Waals surface area contributed by atoms with E-state index in [1.54, 1.807) is 0 Å². The molecule has 0 aliphatic carbocycles. The molecule has 0 radical (unpaired) electrons. The number of rotatable bonds is 5. The van der Waals surface area contributed by atoms with Crippen LogP contribution in [0.1, 0.15) is 29.5 Å². The third-order valence-corrected chi connectivity index (χ3v) is 7.34. The van der Waals surface area contributed by atoms with Crippen molar-refractivity contribution in [1.29, 1.82) is 0 Å². The van der Waals surface area contributed by atoms with E-state index in [-0.39, 0.29) is 32.3 Å². The smallest absolute Gasteiger partial charge is 0.394 e. The summed E-state index contributed by atoms with van der Waals surface area (Å²) in [6.07, 6.45) is -7.51. The van der Waals surface area contributed by atoms with Crippen LogP contribution >= 0.6 is 34.8 Å². The molecule has 1 aromatic carbocycles. The molecule has 17 heteroatoms. The Morgan fingerprint density at radius 1 is 1.10 bits per heavy atom. The number of alkyl halides is 3. The van der Waals surface area contributed by atoms with E-state index < -0.39 is 60.4 Å². The molecule has 5 atom stereocenters. The van der Waals surface area contributed by atoms with Crippen molar-refractivity contribution in [3.8, 4) is 16.8 Å². The van der Waals surface area contributed by atoms with E-state index in [2.05, 4.69) is 20.2 Å². The van der Waals surface area contributed by atoms with Gasteiger partial charge in [-0.25, -0.2) is 19.0 Å². The van der Waals surface area contributed by atoms with Gasteiger partial charge in [0.25, 0.3) is 0 Å². The standard InChI is InChI=1S/C24H19Cl3F4N6O4/c1-9-34-23(37(35-9)14-4-11(25)6-32-22(14)24(29,30)31)21-20(40)18(19(39)15(8-38)41-21)36-7-10(5-33-36)12-2-3-13(26)17(28)16(12)27/h2-7,15,18-21,38-40H,8H2,1H3/t15-,18+,19+,20-,21-/m1/s1. The van der Waals surface area contributed by atoms with Crippen LogP contribution in [0.3, 0.4) is 0 Å². The molecule has 5 rings (SSSR count). The van der Waals surface area contributed by atoms with Crippen molar-refractivity contribution in [2.45, 2.75) is 43.6 Å². The summed E-state index contributed by atoms with van der Waals surface area (Å²) in [6, 6.07) is 2.41. The van der Waals surface area contributed by atoms with Crippen molar-refractivity contribution < 1.29 is 37.6 Å². The van der Waals surface area contributed by atoms with Crippen LogP contribution in [0.2, 0.25) is 15.1 Å². The van der Waals surface area contributed by atoms with Crippen molar-refractivity contribution >= 4 is 34.8 Å². The van der Waals surface area contributed by atoms with E-state index in [1.807, 2.05) is 0 Å². The largest absolute Gasteiger partial charge is 0.435 e. The first-order valence-electron chi connectivity index (χ1n) is 11.8. The highest BCUT2D eigenvalue weighted by Crippen LogP contribution is 2.41. The van der Waals surface area contributed by atoms with Gasteiger partial charge in [0.15, 0.2) is 17.3 Å². The number of pyridine rings is 1. The van der Waals surface area contributed by atoms with E-state index in [0.717, 1.165) is 21.6 Å². The van der Waals surface area contributed by atoms with Gasteiger partial charge in [-0.2, -0.15) is 23.4 Å². The molecule has 0 spiro atoms. The molecule has 0 bridgehead atoms. The van der Waals surface area contributed by atoms with Crippen LogP contribution in [0.5, 0.6) is 0 Å². The maximum absolute atomic E-state index is 14.3. The Morgan fingerprint density at radius 2 is 1.83 bits per heavy atom. The lowest BCUT2D eigenvalue weighted by atomic mass is 9.92. The van der Waals surface area contributed by atoms with Gasteiger partial charge in [0.05, 0.1) is 33.6 Å². The van der Waals surface area contributed by atoms with Crippen LogP contribution in [0.15, 0.2) is 36.8 Å². The van der Waals surface area contributed by atoms with Gasteiger partial charge in [-0.3, -0.25) is 4.68 Å². The summed E-state index contributed by atoms with van der Waals surface area (Å²) in [4.78, 5) is 7.59. The lowest BCUT2D eigenvalue weighted by molar-refractivity contribution is -0.210. The highest BCUT2D eigenvalue weighted by Gasteiger charge is 2.49. The monoisotopic (exact) mass is 636 g/mol. The van der Waals surface area contributed by atoms with E-state index in [9.17, 15) is 32.9 Å². The molecule has 41 heavy (non-hydrogen) atoms. The quantitative estimate of drug-likeness (QED) is 0.218. The summed E-state index contributed by atoms with van der Waals surface area (Å²) in [5, 5.41) is 40.0. The Labute approximate surface area is 243 Å². The molecule has 1 aliphatic rings. The Hall–Kier alpha value is -2.85. The summed E-state index contributed by atoms with van der Waals surface area (Å²) in [7, 11) is 0. The minimum atomic E-state index is -4.90. The van der Waals surface area contributed by atoms with Crippen LogP contribution in [0.25, 0.3) is 16.8 Å². The molecule has 0 saturated carbocycles. The molecular weight excluding hydrogens is 619 g/mol. The number of aryl methyl sites for hydroxylation is 1.